The summed E-state index contributed by atoms with van der Waals surface area (Å²) in [6.45, 7) is 1.23. The van der Waals surface area contributed by atoms with Gasteiger partial charge in [-0.1, -0.05) is 42.5 Å². The lowest BCUT2D eigenvalue weighted by molar-refractivity contribution is -0.135. The van der Waals surface area contributed by atoms with Crippen LogP contribution in [0.5, 0.6) is 0 Å². The lowest BCUT2D eigenvalue weighted by Gasteiger charge is -2.33. The number of para-hydroxylation sites is 1. The fraction of sp³-hybridized carbons (Fsp3) is 0.250. The highest BCUT2D eigenvalue weighted by molar-refractivity contribution is 6.10. The Bertz CT molecular complexity index is 1310. The topological polar surface area (TPSA) is 121 Å². The summed E-state index contributed by atoms with van der Waals surface area (Å²) in [4.78, 5) is 51.7. The molecular weight excluding hydrogens is 424 g/mol. The summed E-state index contributed by atoms with van der Waals surface area (Å²) in [7, 11) is 0. The van der Waals surface area contributed by atoms with Gasteiger partial charge in [-0.2, -0.15) is 0 Å². The molecule has 2 heterocycles. The molecule has 9 nitrogen and oxygen atoms in total. The first kappa shape index (κ1) is 20.7. The smallest absolute Gasteiger partial charge is 0.325 e. The number of carbonyl (C=O) groups excluding carboxylic acids is 4. The van der Waals surface area contributed by atoms with Gasteiger partial charge in [0.25, 0.3) is 11.8 Å². The van der Waals surface area contributed by atoms with Crippen molar-refractivity contribution >= 4 is 34.7 Å². The average molecular weight is 446 g/mol. The van der Waals surface area contributed by atoms with Crippen molar-refractivity contribution < 1.29 is 23.6 Å². The van der Waals surface area contributed by atoms with Crippen LogP contribution in [0.25, 0.3) is 11.0 Å². The fourth-order valence-electron chi connectivity index (χ4n) is 4.71. The summed E-state index contributed by atoms with van der Waals surface area (Å²) in [6, 6.07) is 14.1. The van der Waals surface area contributed by atoms with Crippen LogP contribution in [-0.2, 0) is 21.5 Å². The maximum absolute atomic E-state index is 13.3. The highest BCUT2D eigenvalue weighted by Gasteiger charge is 2.54. The van der Waals surface area contributed by atoms with Crippen LogP contribution >= 0.6 is 0 Å². The molecular formula is C24H22N4O5. The van der Waals surface area contributed by atoms with E-state index in [2.05, 4.69) is 16.2 Å². The second-order valence-corrected chi connectivity index (χ2v) is 8.29. The molecule has 0 bridgehead atoms. The highest BCUT2D eigenvalue weighted by Crippen LogP contribution is 2.39. The SMILES string of the molecule is Cc1c(C(=O)NNC(=O)CN2C(=O)N[C@@]3(CCCc4ccccc43)C2=O)oc2ccccc12. The van der Waals surface area contributed by atoms with Gasteiger partial charge >= 0.3 is 11.9 Å². The summed E-state index contributed by atoms with van der Waals surface area (Å²) in [5.41, 5.74) is 6.38. The maximum atomic E-state index is 13.3. The molecule has 168 valence electrons. The number of urea groups is 1. The molecule has 3 aromatic rings. The molecule has 3 N–H and O–H groups in total. The van der Waals surface area contributed by atoms with E-state index in [4.69, 9.17) is 4.42 Å². The van der Waals surface area contributed by atoms with E-state index in [0.717, 1.165) is 34.3 Å². The molecule has 2 aromatic carbocycles. The number of nitrogens with zero attached hydrogens (tertiary/aromatic N) is 1. The highest BCUT2D eigenvalue weighted by atomic mass is 16.3. The first-order valence-electron chi connectivity index (χ1n) is 10.7. The Balaban J connectivity index is 1.27. The van der Waals surface area contributed by atoms with Crippen molar-refractivity contribution in [2.75, 3.05) is 6.54 Å². The monoisotopic (exact) mass is 446 g/mol. The zero-order valence-electron chi connectivity index (χ0n) is 17.9. The van der Waals surface area contributed by atoms with Gasteiger partial charge in [-0.15, -0.1) is 0 Å². The van der Waals surface area contributed by atoms with Gasteiger partial charge in [0.05, 0.1) is 0 Å². The minimum atomic E-state index is -1.15. The van der Waals surface area contributed by atoms with E-state index in [1.54, 1.807) is 19.1 Å². The zero-order valence-corrected chi connectivity index (χ0v) is 17.9. The van der Waals surface area contributed by atoms with Gasteiger partial charge in [-0.25, -0.2) is 4.79 Å². The van der Waals surface area contributed by atoms with E-state index in [0.29, 0.717) is 17.6 Å². The van der Waals surface area contributed by atoms with E-state index < -0.39 is 35.8 Å². The lowest BCUT2D eigenvalue weighted by atomic mass is 9.76. The number of furan rings is 1. The predicted octanol–water partition coefficient (Wildman–Crippen LogP) is 2.29. The van der Waals surface area contributed by atoms with Crippen LogP contribution in [0.15, 0.2) is 52.9 Å². The quantitative estimate of drug-likeness (QED) is 0.421. The zero-order chi connectivity index (χ0) is 23.2. The Labute approximate surface area is 189 Å². The number of hydrogen-bond acceptors (Lipinski definition) is 5. The third kappa shape index (κ3) is 3.32. The molecule has 1 atom stereocenters. The molecule has 1 aromatic heterocycles. The third-order valence-corrected chi connectivity index (χ3v) is 6.32. The summed E-state index contributed by atoms with van der Waals surface area (Å²) < 4.78 is 5.58. The number of carbonyl (C=O) groups is 4. The molecule has 0 saturated carbocycles. The van der Waals surface area contributed by atoms with Crippen molar-refractivity contribution in [3.05, 3.63) is 71.0 Å². The van der Waals surface area contributed by atoms with Crippen LogP contribution in [0.1, 0.15) is 40.1 Å². The number of hydrazine groups is 1. The number of imide groups is 1. The number of amides is 5. The van der Waals surface area contributed by atoms with E-state index in [1.165, 1.54) is 0 Å². The Kier molecular flexibility index (Phi) is 4.88. The van der Waals surface area contributed by atoms with Gasteiger partial charge in [0.15, 0.2) is 5.76 Å². The van der Waals surface area contributed by atoms with Crippen molar-refractivity contribution in [1.82, 2.24) is 21.1 Å². The van der Waals surface area contributed by atoms with E-state index in [1.807, 2.05) is 36.4 Å². The van der Waals surface area contributed by atoms with E-state index in [-0.39, 0.29) is 5.76 Å². The first-order chi connectivity index (χ1) is 15.9. The van der Waals surface area contributed by atoms with Gasteiger partial charge in [0.2, 0.25) is 0 Å². The van der Waals surface area contributed by atoms with Gasteiger partial charge in [-0.3, -0.25) is 30.1 Å². The second kappa shape index (κ2) is 7.77. The number of fused-ring (bicyclic) bond motifs is 3. The van der Waals surface area contributed by atoms with Crippen molar-refractivity contribution in [3.8, 4) is 0 Å². The summed E-state index contributed by atoms with van der Waals surface area (Å²) in [5, 5.41) is 3.60. The average Bonchev–Trinajstić information content (AvgIpc) is 3.28. The lowest BCUT2D eigenvalue weighted by Crippen LogP contribution is -2.49. The van der Waals surface area contributed by atoms with Gasteiger partial charge in [0.1, 0.15) is 17.7 Å². The van der Waals surface area contributed by atoms with Crippen molar-refractivity contribution in [2.24, 2.45) is 0 Å². The maximum Gasteiger partial charge on any atom is 0.325 e. The predicted molar refractivity (Wildman–Crippen MR) is 118 cm³/mol. The molecule has 5 rings (SSSR count). The number of rotatable bonds is 3. The molecule has 0 radical (unpaired) electrons. The van der Waals surface area contributed by atoms with Crippen molar-refractivity contribution in [2.45, 2.75) is 31.7 Å². The van der Waals surface area contributed by atoms with E-state index >= 15 is 0 Å². The van der Waals surface area contributed by atoms with Crippen LogP contribution in [0.3, 0.4) is 0 Å². The number of hydrogen-bond donors (Lipinski definition) is 3. The summed E-state index contributed by atoms with van der Waals surface area (Å²) >= 11 is 0. The number of aryl methyl sites for hydroxylation is 2. The molecule has 9 heteroatoms. The van der Waals surface area contributed by atoms with Gasteiger partial charge in [0, 0.05) is 10.9 Å². The van der Waals surface area contributed by atoms with Crippen LogP contribution in [0.4, 0.5) is 4.79 Å². The van der Waals surface area contributed by atoms with Crippen LogP contribution < -0.4 is 16.2 Å². The largest absolute Gasteiger partial charge is 0.451 e. The molecule has 1 aliphatic heterocycles. The first-order valence-corrected chi connectivity index (χ1v) is 10.7. The molecule has 1 spiro atoms. The normalized spacial score (nSPS) is 19.5. The molecule has 2 aliphatic rings. The van der Waals surface area contributed by atoms with E-state index in [9.17, 15) is 19.2 Å². The standard InChI is InChI=1S/C24H22N4O5/c1-14-16-9-3-5-11-18(16)33-20(14)21(30)27-26-19(29)13-28-22(31)24(25-23(28)32)12-6-8-15-7-2-4-10-17(15)24/h2-5,7,9-11H,6,8,12-13H2,1H3,(H,25,32)(H,26,29)(H,27,30)/t24-/m1/s1. The summed E-state index contributed by atoms with van der Waals surface area (Å²) in [6.07, 6.45) is 2.04. The van der Waals surface area contributed by atoms with Crippen LogP contribution in [-0.4, -0.2) is 35.2 Å². The molecule has 0 unspecified atom stereocenters. The molecule has 1 aliphatic carbocycles. The second-order valence-electron chi connectivity index (χ2n) is 8.29. The molecule has 1 saturated heterocycles. The van der Waals surface area contributed by atoms with Crippen molar-refractivity contribution in [1.29, 1.82) is 0 Å². The number of benzene rings is 2. The Morgan fingerprint density at radius 1 is 1.09 bits per heavy atom. The molecule has 1 fully saturated rings. The fourth-order valence-corrected chi connectivity index (χ4v) is 4.71. The minimum Gasteiger partial charge on any atom is -0.451 e. The molecule has 33 heavy (non-hydrogen) atoms. The van der Waals surface area contributed by atoms with Gasteiger partial charge in [-0.05, 0) is 43.4 Å². The Morgan fingerprint density at radius 2 is 1.85 bits per heavy atom. The Morgan fingerprint density at radius 3 is 2.67 bits per heavy atom. The van der Waals surface area contributed by atoms with Crippen molar-refractivity contribution in [3.63, 3.8) is 0 Å². The van der Waals surface area contributed by atoms with Gasteiger partial charge < -0.3 is 9.73 Å². The number of nitrogens with one attached hydrogen (secondary N) is 3. The minimum absolute atomic E-state index is 0.0734. The summed E-state index contributed by atoms with van der Waals surface area (Å²) in [5.74, 6) is -1.73. The molecule has 5 amide bonds. The Hall–Kier alpha value is -4.14. The van der Waals surface area contributed by atoms with Crippen LogP contribution in [0.2, 0.25) is 0 Å². The van der Waals surface area contributed by atoms with Crippen LogP contribution in [0, 0.1) is 6.92 Å². The third-order valence-electron chi connectivity index (χ3n) is 6.32.